The van der Waals surface area contributed by atoms with Crippen LogP contribution in [-0.4, -0.2) is 40.4 Å². The molecule has 3 aliphatic rings. The van der Waals surface area contributed by atoms with Crippen molar-refractivity contribution in [1.29, 1.82) is 0 Å². The van der Waals surface area contributed by atoms with E-state index in [9.17, 15) is 15.0 Å². The minimum atomic E-state index is -0.961. The molecular formula is C15H20O4. The van der Waals surface area contributed by atoms with Gasteiger partial charge in [0.25, 0.3) is 0 Å². The predicted molar refractivity (Wildman–Crippen MR) is 69.4 cm³/mol. The van der Waals surface area contributed by atoms with Crippen LogP contribution < -0.4 is 0 Å². The van der Waals surface area contributed by atoms with Crippen LogP contribution in [0.3, 0.4) is 0 Å². The first kappa shape index (κ1) is 13.0. The van der Waals surface area contributed by atoms with Crippen LogP contribution in [0.5, 0.6) is 0 Å². The molecule has 1 saturated carbocycles. The highest BCUT2D eigenvalue weighted by molar-refractivity contribution is 6.04. The van der Waals surface area contributed by atoms with Crippen molar-refractivity contribution < 1.29 is 19.7 Å². The molecule has 3 rings (SSSR count). The minimum Gasteiger partial charge on any atom is -0.395 e. The van der Waals surface area contributed by atoms with E-state index in [-0.39, 0.29) is 24.4 Å². The third-order valence-electron chi connectivity index (χ3n) is 5.35. The molecule has 2 N–H and O–H groups in total. The van der Waals surface area contributed by atoms with Crippen molar-refractivity contribution in [2.24, 2.45) is 11.3 Å². The third-order valence-corrected chi connectivity index (χ3v) is 5.35. The summed E-state index contributed by atoms with van der Waals surface area (Å²) in [7, 11) is 0. The van der Waals surface area contributed by atoms with E-state index in [0.717, 1.165) is 5.57 Å². The molecule has 104 valence electrons. The Morgan fingerprint density at radius 2 is 2.32 bits per heavy atom. The summed E-state index contributed by atoms with van der Waals surface area (Å²) >= 11 is 0. The summed E-state index contributed by atoms with van der Waals surface area (Å²) in [6, 6.07) is 0. The molecule has 0 aromatic heterocycles. The van der Waals surface area contributed by atoms with E-state index >= 15 is 0 Å². The maximum atomic E-state index is 12.3. The van der Waals surface area contributed by atoms with Crippen molar-refractivity contribution in [3.63, 3.8) is 0 Å². The van der Waals surface area contributed by atoms with E-state index in [4.69, 9.17) is 4.74 Å². The van der Waals surface area contributed by atoms with E-state index in [2.05, 4.69) is 6.58 Å². The van der Waals surface area contributed by atoms with Gasteiger partial charge in [0.15, 0.2) is 11.4 Å². The molecule has 0 bridgehead atoms. The van der Waals surface area contributed by atoms with E-state index in [0.29, 0.717) is 18.4 Å². The molecule has 0 radical (unpaired) electrons. The Labute approximate surface area is 112 Å². The second kappa shape index (κ2) is 3.78. The summed E-state index contributed by atoms with van der Waals surface area (Å²) in [6.45, 7) is 7.47. The molecule has 2 aliphatic carbocycles. The molecule has 0 aromatic rings. The first-order valence-electron chi connectivity index (χ1n) is 6.79. The second-order valence-corrected chi connectivity index (χ2v) is 6.14. The zero-order valence-corrected chi connectivity index (χ0v) is 11.3. The zero-order valence-electron chi connectivity index (χ0n) is 11.3. The number of hydrogen-bond acceptors (Lipinski definition) is 4. The Balaban J connectivity index is 2.14. The summed E-state index contributed by atoms with van der Waals surface area (Å²) in [5.74, 6) is -0.190. The summed E-state index contributed by atoms with van der Waals surface area (Å²) in [4.78, 5) is 12.3. The molecule has 0 amide bonds. The number of fused-ring (bicyclic) bond motifs is 3. The van der Waals surface area contributed by atoms with Gasteiger partial charge in [0.2, 0.25) is 0 Å². The van der Waals surface area contributed by atoms with Crippen LogP contribution >= 0.6 is 0 Å². The van der Waals surface area contributed by atoms with Gasteiger partial charge in [0.1, 0.15) is 6.10 Å². The van der Waals surface area contributed by atoms with E-state index in [1.54, 1.807) is 13.0 Å². The van der Waals surface area contributed by atoms with Crippen LogP contribution in [0, 0.1) is 11.3 Å². The quantitative estimate of drug-likeness (QED) is 0.576. The fraction of sp³-hybridized carbons (Fsp3) is 0.667. The van der Waals surface area contributed by atoms with Crippen molar-refractivity contribution >= 4 is 5.78 Å². The number of carbonyl (C=O) groups is 1. The number of epoxide rings is 1. The lowest BCUT2D eigenvalue weighted by atomic mass is 9.56. The molecule has 1 heterocycles. The first-order chi connectivity index (χ1) is 8.91. The van der Waals surface area contributed by atoms with Crippen LogP contribution in [0.15, 0.2) is 23.8 Å². The molecule has 0 spiro atoms. The average Bonchev–Trinajstić information content (AvgIpc) is 3.12. The Morgan fingerprint density at radius 3 is 2.89 bits per heavy atom. The number of carbonyl (C=O) groups excluding carboxylic acids is 1. The van der Waals surface area contributed by atoms with Gasteiger partial charge in [-0.25, -0.2) is 0 Å². The number of ether oxygens (including phenoxy) is 1. The summed E-state index contributed by atoms with van der Waals surface area (Å²) in [5.41, 5.74) is 0.0114. The standard InChI is InChI=1S/C15H20O4/c1-8(2)15-12(18)6-10-4-5-11(17)9(3)14(10,7-16)13(15)19-15/h6,9,11,13,16-17H,1,4-5,7H2,2-3H3/t9-,11+,13+,14+,15-/m0/s1. The lowest BCUT2D eigenvalue weighted by Crippen LogP contribution is -2.53. The Hall–Kier alpha value is -0.970. The molecule has 0 unspecified atom stereocenters. The number of aliphatic hydroxyl groups excluding tert-OH is 2. The molecular weight excluding hydrogens is 244 g/mol. The van der Waals surface area contributed by atoms with Crippen molar-refractivity contribution in [1.82, 2.24) is 0 Å². The van der Waals surface area contributed by atoms with Crippen molar-refractivity contribution in [3.05, 3.63) is 23.8 Å². The lowest BCUT2D eigenvalue weighted by Gasteiger charge is -2.47. The van der Waals surface area contributed by atoms with Crippen molar-refractivity contribution in [2.75, 3.05) is 6.61 Å². The maximum absolute atomic E-state index is 12.3. The lowest BCUT2D eigenvalue weighted by molar-refractivity contribution is -0.119. The fourth-order valence-corrected chi connectivity index (χ4v) is 3.97. The highest BCUT2D eigenvalue weighted by Gasteiger charge is 2.74. The number of ketones is 1. The first-order valence-corrected chi connectivity index (χ1v) is 6.79. The van der Waals surface area contributed by atoms with E-state index < -0.39 is 17.1 Å². The normalized spacial score (nSPS) is 48.1. The molecule has 1 aliphatic heterocycles. The molecule has 19 heavy (non-hydrogen) atoms. The average molecular weight is 264 g/mol. The SMILES string of the molecule is C=C(C)[C@@]12O[C@@H]1[C@@]1(CO)C(=CC2=O)CC[C@@H](O)[C@@H]1C. The fourth-order valence-electron chi connectivity index (χ4n) is 3.97. The summed E-state index contributed by atoms with van der Waals surface area (Å²) in [6.07, 6.45) is 2.06. The molecule has 5 atom stereocenters. The highest BCUT2D eigenvalue weighted by Crippen LogP contribution is 2.63. The number of rotatable bonds is 2. The zero-order chi connectivity index (χ0) is 14.0. The number of aliphatic hydroxyl groups is 2. The number of hydrogen-bond donors (Lipinski definition) is 2. The Morgan fingerprint density at radius 1 is 1.63 bits per heavy atom. The molecule has 4 heteroatoms. The Bertz CT molecular complexity index is 494. The van der Waals surface area contributed by atoms with E-state index in [1.807, 2.05) is 6.92 Å². The largest absolute Gasteiger partial charge is 0.395 e. The van der Waals surface area contributed by atoms with Crippen LogP contribution in [0.1, 0.15) is 26.7 Å². The Kier molecular flexibility index (Phi) is 2.59. The summed E-state index contributed by atoms with van der Waals surface area (Å²) in [5, 5.41) is 20.1. The monoisotopic (exact) mass is 264 g/mol. The van der Waals surface area contributed by atoms with Gasteiger partial charge in [-0.3, -0.25) is 4.79 Å². The van der Waals surface area contributed by atoms with Crippen LogP contribution in [0.25, 0.3) is 0 Å². The van der Waals surface area contributed by atoms with Gasteiger partial charge in [-0.2, -0.15) is 0 Å². The molecule has 1 saturated heterocycles. The molecule has 2 fully saturated rings. The summed E-state index contributed by atoms with van der Waals surface area (Å²) < 4.78 is 5.75. The predicted octanol–water partition coefficient (Wildman–Crippen LogP) is 0.979. The van der Waals surface area contributed by atoms with E-state index in [1.165, 1.54) is 0 Å². The van der Waals surface area contributed by atoms with Crippen LogP contribution in [-0.2, 0) is 9.53 Å². The minimum absolute atomic E-state index is 0.0623. The van der Waals surface area contributed by atoms with Gasteiger partial charge in [-0.1, -0.05) is 19.1 Å². The van der Waals surface area contributed by atoms with Crippen molar-refractivity contribution in [2.45, 2.75) is 44.5 Å². The van der Waals surface area contributed by atoms with Crippen LogP contribution in [0.4, 0.5) is 0 Å². The third kappa shape index (κ3) is 1.32. The topological polar surface area (TPSA) is 70.1 Å². The van der Waals surface area contributed by atoms with Gasteiger partial charge >= 0.3 is 0 Å². The molecule has 4 nitrogen and oxygen atoms in total. The van der Waals surface area contributed by atoms with Crippen LogP contribution in [0.2, 0.25) is 0 Å². The van der Waals surface area contributed by atoms with Gasteiger partial charge in [0.05, 0.1) is 12.7 Å². The maximum Gasteiger partial charge on any atom is 0.194 e. The van der Waals surface area contributed by atoms with Gasteiger partial charge in [0, 0.05) is 5.41 Å². The van der Waals surface area contributed by atoms with Gasteiger partial charge in [-0.05, 0) is 37.3 Å². The van der Waals surface area contributed by atoms with Gasteiger partial charge in [-0.15, -0.1) is 0 Å². The molecule has 0 aromatic carbocycles. The van der Waals surface area contributed by atoms with Gasteiger partial charge < -0.3 is 14.9 Å². The highest BCUT2D eigenvalue weighted by atomic mass is 16.6. The second-order valence-electron chi connectivity index (χ2n) is 6.14. The smallest absolute Gasteiger partial charge is 0.194 e. The van der Waals surface area contributed by atoms with Crippen molar-refractivity contribution in [3.8, 4) is 0 Å².